The number of hydrogen-bond acceptors (Lipinski definition) is 2. The maximum Gasteiger partial charge on any atom is 0.268 e. The molecular weight excluding hydrogens is 250 g/mol. The molecule has 1 aliphatic heterocycles. The van der Waals surface area contributed by atoms with Gasteiger partial charge in [0.2, 0.25) is 0 Å². The molecule has 0 amide bonds. The van der Waals surface area contributed by atoms with Crippen LogP contribution in [-0.2, 0) is 4.43 Å². The summed E-state index contributed by atoms with van der Waals surface area (Å²) in [4.78, 5) is 0. The van der Waals surface area contributed by atoms with Crippen molar-refractivity contribution in [2.45, 2.75) is 84.2 Å². The van der Waals surface area contributed by atoms with Crippen LogP contribution in [0, 0.1) is 0 Å². The maximum atomic E-state index is 6.09. The quantitative estimate of drug-likeness (QED) is 0.394. The zero-order valence-corrected chi connectivity index (χ0v) is 14.5. The fourth-order valence-electron chi connectivity index (χ4n) is 3.25. The van der Waals surface area contributed by atoms with Crippen LogP contribution in [0.4, 0.5) is 0 Å². The molecule has 0 bridgehead atoms. The van der Waals surface area contributed by atoms with Crippen molar-refractivity contribution >= 4 is 8.48 Å². The molecule has 1 fully saturated rings. The summed E-state index contributed by atoms with van der Waals surface area (Å²) in [6, 6.07) is 1.35. The normalized spacial score (nSPS) is 24.2. The third-order valence-corrected chi connectivity index (χ3v) is 8.45. The first-order valence-electron chi connectivity index (χ1n) is 8.62. The van der Waals surface area contributed by atoms with Crippen LogP contribution in [0.1, 0.15) is 71.6 Å². The highest BCUT2D eigenvalue weighted by Crippen LogP contribution is 2.27. The van der Waals surface area contributed by atoms with Crippen LogP contribution >= 0.6 is 0 Å². The van der Waals surface area contributed by atoms with E-state index in [1.54, 1.807) is 0 Å². The molecule has 0 radical (unpaired) electrons. The van der Waals surface area contributed by atoms with Gasteiger partial charge in [0.15, 0.2) is 0 Å². The summed E-state index contributed by atoms with van der Waals surface area (Å²) < 4.78 is 8.79. The highest BCUT2D eigenvalue weighted by Gasteiger charge is 2.40. The lowest BCUT2D eigenvalue weighted by Gasteiger charge is -2.32. The molecule has 0 aromatic carbocycles. The molecule has 1 unspecified atom stereocenters. The minimum Gasteiger partial charge on any atom is -0.403 e. The first kappa shape index (κ1) is 17.2. The van der Waals surface area contributed by atoms with Crippen molar-refractivity contribution in [3.63, 3.8) is 0 Å². The second-order valence-electron chi connectivity index (χ2n) is 6.17. The van der Waals surface area contributed by atoms with E-state index in [-0.39, 0.29) is 0 Å². The van der Waals surface area contributed by atoms with E-state index >= 15 is 0 Å². The predicted molar refractivity (Wildman–Crippen MR) is 86.9 cm³/mol. The van der Waals surface area contributed by atoms with E-state index < -0.39 is 8.48 Å². The van der Waals surface area contributed by atoms with E-state index in [1.807, 2.05) is 0 Å². The van der Waals surface area contributed by atoms with Gasteiger partial charge in [0, 0.05) is 6.61 Å². The molecule has 0 aromatic heterocycles. The maximum absolute atomic E-state index is 6.09. The third-order valence-electron chi connectivity index (χ3n) is 4.47. The first-order valence-corrected chi connectivity index (χ1v) is 11.2. The minimum atomic E-state index is -1.47. The standard InChI is InChI=1S/C16H35NOSi/c1-4-6-7-8-9-10-11-12-14-17-15-13-16-19(17,3)18-5-2/h4-16H2,1-3H3. The second-order valence-corrected chi connectivity index (χ2v) is 9.94. The lowest BCUT2D eigenvalue weighted by Crippen LogP contribution is -2.49. The lowest BCUT2D eigenvalue weighted by molar-refractivity contribution is 0.267. The van der Waals surface area contributed by atoms with E-state index in [9.17, 15) is 0 Å². The zero-order chi connectivity index (χ0) is 14.0. The summed E-state index contributed by atoms with van der Waals surface area (Å²) in [5.41, 5.74) is 0. The van der Waals surface area contributed by atoms with Crippen LogP contribution in [-0.4, -0.2) is 32.7 Å². The number of rotatable bonds is 11. The molecule has 1 atom stereocenters. The fraction of sp³-hybridized carbons (Fsp3) is 1.00. The van der Waals surface area contributed by atoms with Gasteiger partial charge in [-0.2, -0.15) is 0 Å². The SMILES string of the molecule is CCCCCCCCCCN1CCC[Si]1(C)OCC. The van der Waals surface area contributed by atoms with Crippen LogP contribution in [0.25, 0.3) is 0 Å². The summed E-state index contributed by atoms with van der Waals surface area (Å²) in [6.45, 7) is 10.3. The molecule has 0 aliphatic carbocycles. The second kappa shape index (κ2) is 9.95. The van der Waals surface area contributed by atoms with Crippen molar-refractivity contribution in [2.24, 2.45) is 0 Å². The molecule has 1 rings (SSSR count). The first-order chi connectivity index (χ1) is 9.23. The van der Waals surface area contributed by atoms with E-state index in [0.717, 1.165) is 6.61 Å². The van der Waals surface area contributed by atoms with Crippen LogP contribution in [0.2, 0.25) is 12.6 Å². The zero-order valence-electron chi connectivity index (χ0n) is 13.5. The number of hydrogen-bond donors (Lipinski definition) is 0. The molecule has 0 spiro atoms. The largest absolute Gasteiger partial charge is 0.403 e. The fourth-order valence-corrected chi connectivity index (χ4v) is 6.59. The van der Waals surface area contributed by atoms with Crippen molar-refractivity contribution in [1.29, 1.82) is 0 Å². The summed E-state index contributed by atoms with van der Waals surface area (Å²) in [5.74, 6) is 0. The molecule has 3 heteroatoms. The van der Waals surface area contributed by atoms with Gasteiger partial charge < -0.3 is 8.99 Å². The molecule has 114 valence electrons. The van der Waals surface area contributed by atoms with Crippen LogP contribution in [0.15, 0.2) is 0 Å². The Labute approximate surface area is 122 Å². The predicted octanol–water partition coefficient (Wildman–Crippen LogP) is 4.94. The van der Waals surface area contributed by atoms with Crippen LogP contribution < -0.4 is 0 Å². The Bertz CT molecular complexity index is 225. The van der Waals surface area contributed by atoms with Gasteiger partial charge in [-0.3, -0.25) is 0 Å². The van der Waals surface area contributed by atoms with Gasteiger partial charge in [-0.15, -0.1) is 0 Å². The monoisotopic (exact) mass is 285 g/mol. The molecule has 1 aliphatic rings. The molecule has 0 N–H and O–H groups in total. The van der Waals surface area contributed by atoms with E-state index in [0.29, 0.717) is 0 Å². The average Bonchev–Trinajstić information content (AvgIpc) is 2.74. The van der Waals surface area contributed by atoms with Crippen molar-refractivity contribution in [3.8, 4) is 0 Å². The molecular formula is C16H35NOSi. The Morgan fingerprint density at radius 1 is 0.947 bits per heavy atom. The number of unbranched alkanes of at least 4 members (excludes halogenated alkanes) is 7. The van der Waals surface area contributed by atoms with Gasteiger partial charge in [-0.1, -0.05) is 51.9 Å². The summed E-state index contributed by atoms with van der Waals surface area (Å²) in [6.07, 6.45) is 12.7. The van der Waals surface area contributed by atoms with E-state index in [2.05, 4.69) is 25.0 Å². The molecule has 0 saturated carbocycles. The molecule has 2 nitrogen and oxygen atoms in total. The van der Waals surface area contributed by atoms with Crippen LogP contribution in [0.3, 0.4) is 0 Å². The molecule has 1 saturated heterocycles. The van der Waals surface area contributed by atoms with Crippen molar-refractivity contribution in [3.05, 3.63) is 0 Å². The van der Waals surface area contributed by atoms with Crippen molar-refractivity contribution in [1.82, 2.24) is 4.57 Å². The summed E-state index contributed by atoms with van der Waals surface area (Å²) in [7, 11) is -1.47. The van der Waals surface area contributed by atoms with E-state index in [1.165, 1.54) is 76.9 Å². The Morgan fingerprint density at radius 3 is 2.21 bits per heavy atom. The van der Waals surface area contributed by atoms with E-state index in [4.69, 9.17) is 4.43 Å². The highest BCUT2D eigenvalue weighted by molar-refractivity contribution is 6.70. The summed E-state index contributed by atoms with van der Waals surface area (Å²) in [5, 5.41) is 0. The van der Waals surface area contributed by atoms with Crippen molar-refractivity contribution < 1.29 is 4.43 Å². The number of nitrogens with zero attached hydrogens (tertiary/aromatic N) is 1. The van der Waals surface area contributed by atoms with Gasteiger partial charge in [0.1, 0.15) is 0 Å². The average molecular weight is 286 g/mol. The summed E-state index contributed by atoms with van der Waals surface area (Å²) >= 11 is 0. The van der Waals surface area contributed by atoms with Gasteiger partial charge in [-0.25, -0.2) is 0 Å². The van der Waals surface area contributed by atoms with Crippen molar-refractivity contribution in [2.75, 3.05) is 19.7 Å². The Balaban J connectivity index is 2.02. The van der Waals surface area contributed by atoms with Gasteiger partial charge >= 0.3 is 0 Å². The molecule has 1 heterocycles. The molecule has 0 aromatic rings. The topological polar surface area (TPSA) is 12.5 Å². The van der Waals surface area contributed by atoms with Gasteiger partial charge in [-0.05, 0) is 45.4 Å². The lowest BCUT2D eigenvalue weighted by atomic mass is 10.1. The minimum absolute atomic E-state index is 0.899. The Morgan fingerprint density at radius 2 is 1.58 bits per heavy atom. The smallest absolute Gasteiger partial charge is 0.268 e. The Kier molecular flexibility index (Phi) is 9.00. The molecule has 19 heavy (non-hydrogen) atoms. The highest BCUT2D eigenvalue weighted by atomic mass is 28.4. The van der Waals surface area contributed by atoms with Gasteiger partial charge in [0.25, 0.3) is 8.48 Å². The van der Waals surface area contributed by atoms with Gasteiger partial charge in [0.05, 0.1) is 0 Å². The third kappa shape index (κ3) is 6.41. The van der Waals surface area contributed by atoms with Crippen LogP contribution in [0.5, 0.6) is 0 Å². The Hall–Kier alpha value is 0.137.